The lowest BCUT2D eigenvalue weighted by atomic mass is 10.1. The first-order valence-electron chi connectivity index (χ1n) is 6.58. The third-order valence-corrected chi connectivity index (χ3v) is 2.82. The van der Waals surface area contributed by atoms with Gasteiger partial charge in [0, 0.05) is 18.4 Å². The molecule has 0 aromatic heterocycles. The van der Waals surface area contributed by atoms with E-state index >= 15 is 0 Å². The van der Waals surface area contributed by atoms with Gasteiger partial charge in [0.15, 0.2) is 0 Å². The van der Waals surface area contributed by atoms with E-state index in [-0.39, 0.29) is 11.7 Å². The zero-order valence-electron chi connectivity index (χ0n) is 11.8. The van der Waals surface area contributed by atoms with Crippen LogP contribution in [-0.4, -0.2) is 16.6 Å². The Hall–Kier alpha value is -3.22. The lowest BCUT2D eigenvalue weighted by molar-refractivity contribution is -0.377. The van der Waals surface area contributed by atoms with Crippen LogP contribution in [0.4, 0.5) is 0 Å². The molecule has 7 nitrogen and oxygen atoms in total. The van der Waals surface area contributed by atoms with Crippen LogP contribution in [0.5, 0.6) is 0 Å². The van der Waals surface area contributed by atoms with Gasteiger partial charge in [-0.2, -0.15) is 4.90 Å². The molecule has 4 N–H and O–H groups in total. The van der Waals surface area contributed by atoms with Crippen LogP contribution in [0.15, 0.2) is 71.4 Å². The normalized spacial score (nSPS) is 13.9. The Morgan fingerprint density at radius 1 is 1.14 bits per heavy atom. The van der Waals surface area contributed by atoms with Crippen molar-refractivity contribution in [2.75, 3.05) is 0 Å². The number of allylic oxidation sites excluding steroid dienone is 5. The Morgan fingerprint density at radius 2 is 1.82 bits per heavy atom. The second kappa shape index (κ2) is 7.53. The van der Waals surface area contributed by atoms with Crippen LogP contribution in [0, 0.1) is 10.4 Å². The Kier molecular flexibility index (Phi) is 5.20. The molecular formula is C15H16N5O2-. The minimum Gasteiger partial charge on any atom is -0.612 e. The van der Waals surface area contributed by atoms with Crippen molar-refractivity contribution in [2.45, 2.75) is 6.54 Å². The molecule has 0 spiro atoms. The third-order valence-electron chi connectivity index (χ3n) is 2.82. The van der Waals surface area contributed by atoms with Crippen molar-refractivity contribution in [3.8, 4) is 0 Å². The number of nitrogens with two attached hydrogens (primary N) is 1. The van der Waals surface area contributed by atoms with Gasteiger partial charge in [0.2, 0.25) is 11.7 Å². The Bertz CT molecular complexity index is 638. The number of rotatable bonds is 4. The summed E-state index contributed by atoms with van der Waals surface area (Å²) in [6.07, 6.45) is 7.75. The molecule has 1 aromatic carbocycles. The summed E-state index contributed by atoms with van der Waals surface area (Å²) < 4.78 is 0. The SMILES string of the molecule is NC(=NCc1ccccc1)NNC=C1C=CC(=[N+]([O-])[O-])C=C1. The van der Waals surface area contributed by atoms with Crippen molar-refractivity contribution in [3.05, 3.63) is 82.4 Å². The molecule has 1 aliphatic rings. The summed E-state index contributed by atoms with van der Waals surface area (Å²) in [5.74, 6) is 0.252. The fourth-order valence-electron chi connectivity index (χ4n) is 1.69. The fourth-order valence-corrected chi connectivity index (χ4v) is 1.69. The van der Waals surface area contributed by atoms with Crippen molar-refractivity contribution in [3.63, 3.8) is 0 Å². The number of hydrogen-bond donors (Lipinski definition) is 3. The van der Waals surface area contributed by atoms with Gasteiger partial charge in [0.25, 0.3) is 0 Å². The van der Waals surface area contributed by atoms with Crippen molar-refractivity contribution < 1.29 is 4.90 Å². The number of benzene rings is 1. The minimum absolute atomic E-state index is 0.0500. The van der Waals surface area contributed by atoms with E-state index in [1.807, 2.05) is 30.3 Å². The van der Waals surface area contributed by atoms with Gasteiger partial charge in [-0.25, -0.2) is 4.99 Å². The van der Waals surface area contributed by atoms with E-state index in [1.54, 1.807) is 18.4 Å². The standard InChI is InChI=1S/C15H16N5O2/c16-15(17-10-12-4-2-1-3-5-12)19-18-11-13-6-8-14(9-7-13)20(21)22/h1-9,11,18H,10H2,(H3-,16,17,19,21,22)/q-1. The average Bonchev–Trinajstić information content (AvgIpc) is 2.54. The molecule has 7 heteroatoms. The Labute approximate surface area is 128 Å². The van der Waals surface area contributed by atoms with E-state index in [4.69, 9.17) is 5.73 Å². The van der Waals surface area contributed by atoms with Crippen LogP contribution in [0.25, 0.3) is 0 Å². The van der Waals surface area contributed by atoms with Crippen LogP contribution in [0.1, 0.15) is 5.56 Å². The molecule has 22 heavy (non-hydrogen) atoms. The van der Waals surface area contributed by atoms with Gasteiger partial charge in [0.1, 0.15) is 0 Å². The van der Waals surface area contributed by atoms with E-state index in [0.717, 1.165) is 11.1 Å². The first kappa shape index (κ1) is 15.2. The number of nitrogens with one attached hydrogen (secondary N) is 2. The van der Waals surface area contributed by atoms with Gasteiger partial charge in [-0.3, -0.25) is 5.43 Å². The van der Waals surface area contributed by atoms with E-state index < -0.39 is 4.90 Å². The first-order valence-corrected chi connectivity index (χ1v) is 6.58. The molecule has 0 atom stereocenters. The van der Waals surface area contributed by atoms with Gasteiger partial charge < -0.3 is 21.6 Å². The maximum absolute atomic E-state index is 10.5. The van der Waals surface area contributed by atoms with E-state index in [2.05, 4.69) is 15.8 Å². The smallest absolute Gasteiger partial charge is 0.222 e. The highest BCUT2D eigenvalue weighted by Gasteiger charge is 2.02. The monoisotopic (exact) mass is 298 g/mol. The summed E-state index contributed by atoms with van der Waals surface area (Å²) in [6, 6.07) is 9.75. The molecule has 0 heterocycles. The molecule has 0 amide bonds. The van der Waals surface area contributed by atoms with E-state index in [0.29, 0.717) is 6.54 Å². The van der Waals surface area contributed by atoms with Crippen molar-refractivity contribution in [2.24, 2.45) is 10.7 Å². The second-order valence-corrected chi connectivity index (χ2v) is 4.45. The van der Waals surface area contributed by atoms with Gasteiger partial charge in [0.05, 0.1) is 6.54 Å². The molecule has 0 bridgehead atoms. The quantitative estimate of drug-likeness (QED) is 0.333. The molecule has 114 valence electrons. The van der Waals surface area contributed by atoms with Gasteiger partial charge in [-0.05, 0) is 23.3 Å². The Morgan fingerprint density at radius 3 is 2.45 bits per heavy atom. The molecule has 0 fully saturated rings. The molecule has 0 saturated carbocycles. The summed E-state index contributed by atoms with van der Waals surface area (Å²) in [5.41, 5.74) is 13.1. The molecule has 0 aliphatic heterocycles. The van der Waals surface area contributed by atoms with Gasteiger partial charge in [-0.15, -0.1) is 0 Å². The average molecular weight is 298 g/mol. The predicted molar refractivity (Wildman–Crippen MR) is 86.4 cm³/mol. The molecule has 0 radical (unpaired) electrons. The largest absolute Gasteiger partial charge is 0.612 e. The van der Waals surface area contributed by atoms with Crippen LogP contribution in [0.2, 0.25) is 0 Å². The van der Waals surface area contributed by atoms with Crippen LogP contribution in [-0.2, 0) is 6.54 Å². The van der Waals surface area contributed by atoms with Crippen LogP contribution < -0.4 is 16.6 Å². The minimum atomic E-state index is -0.441. The third kappa shape index (κ3) is 4.71. The molecule has 0 unspecified atom stereocenters. The van der Waals surface area contributed by atoms with Gasteiger partial charge >= 0.3 is 0 Å². The second-order valence-electron chi connectivity index (χ2n) is 4.45. The lowest BCUT2D eigenvalue weighted by Gasteiger charge is -2.09. The predicted octanol–water partition coefficient (Wildman–Crippen LogP) is 1.05. The summed E-state index contributed by atoms with van der Waals surface area (Å²) in [4.78, 5) is 3.73. The number of aliphatic imine (C=N–C) groups is 1. The summed E-state index contributed by atoms with van der Waals surface area (Å²) >= 11 is 0. The van der Waals surface area contributed by atoms with E-state index in [9.17, 15) is 10.4 Å². The Balaban J connectivity index is 1.81. The maximum atomic E-state index is 10.5. The first-order chi connectivity index (χ1) is 10.6. The van der Waals surface area contributed by atoms with Crippen molar-refractivity contribution in [1.29, 1.82) is 0 Å². The zero-order valence-corrected chi connectivity index (χ0v) is 11.8. The van der Waals surface area contributed by atoms with Crippen LogP contribution in [0.3, 0.4) is 0 Å². The summed E-state index contributed by atoms with van der Waals surface area (Å²) in [7, 11) is 0. The maximum Gasteiger partial charge on any atom is 0.222 e. The number of nitrogens with zero attached hydrogens (tertiary/aromatic N) is 2. The fraction of sp³-hybridized carbons (Fsp3) is 0.0667. The number of hydrazine groups is 1. The molecule has 0 saturated heterocycles. The molecular weight excluding hydrogens is 282 g/mol. The van der Waals surface area contributed by atoms with Crippen molar-refractivity contribution >= 4 is 11.7 Å². The topological polar surface area (TPSA) is 112 Å². The highest BCUT2D eigenvalue weighted by Crippen LogP contribution is 2.05. The summed E-state index contributed by atoms with van der Waals surface area (Å²) in [5, 5.41) is 21.1. The molecule has 2 rings (SSSR count). The van der Waals surface area contributed by atoms with Crippen molar-refractivity contribution in [1.82, 2.24) is 10.9 Å². The zero-order chi connectivity index (χ0) is 15.8. The van der Waals surface area contributed by atoms with Gasteiger partial charge in [-0.1, -0.05) is 30.3 Å². The summed E-state index contributed by atoms with van der Waals surface area (Å²) in [6.45, 7) is 0.485. The number of hydrogen-bond acceptors (Lipinski definition) is 4. The molecule has 1 aliphatic carbocycles. The lowest BCUT2D eigenvalue weighted by Crippen LogP contribution is -2.39. The molecule has 1 aromatic rings. The van der Waals surface area contributed by atoms with Crippen LogP contribution >= 0.6 is 0 Å². The highest BCUT2D eigenvalue weighted by atomic mass is 16.8. The van der Waals surface area contributed by atoms with E-state index in [1.165, 1.54) is 12.2 Å². The highest BCUT2D eigenvalue weighted by molar-refractivity contribution is 6.02. The number of guanidine groups is 1.